The standard InChI is InChI=1S/C4H5NO3.Au/c6-3-1-2-4(7)5(3)8;/h8H,1-2H2;/q;+1. The van der Waals surface area contributed by atoms with Crippen LogP contribution in [0.5, 0.6) is 0 Å². The van der Waals surface area contributed by atoms with Gasteiger partial charge in [0, 0.05) is 12.8 Å². The molecule has 2 amide bonds. The van der Waals surface area contributed by atoms with Crippen molar-refractivity contribution in [2.45, 2.75) is 12.8 Å². The van der Waals surface area contributed by atoms with Gasteiger partial charge in [-0.3, -0.25) is 14.8 Å². The number of amides is 2. The van der Waals surface area contributed by atoms with E-state index >= 15 is 0 Å². The van der Waals surface area contributed by atoms with Gasteiger partial charge in [0.05, 0.1) is 0 Å². The van der Waals surface area contributed by atoms with E-state index in [0.717, 1.165) is 0 Å². The van der Waals surface area contributed by atoms with Crippen molar-refractivity contribution in [1.82, 2.24) is 5.06 Å². The first-order valence-electron chi connectivity index (χ1n) is 2.26. The van der Waals surface area contributed by atoms with Gasteiger partial charge in [-0.25, -0.2) is 0 Å². The van der Waals surface area contributed by atoms with Gasteiger partial charge in [-0.15, -0.1) is 0 Å². The first-order valence-corrected chi connectivity index (χ1v) is 2.26. The number of carbonyl (C=O) groups is 2. The van der Waals surface area contributed by atoms with Crippen LogP contribution in [0.1, 0.15) is 12.8 Å². The van der Waals surface area contributed by atoms with Gasteiger partial charge in [-0.1, -0.05) is 0 Å². The van der Waals surface area contributed by atoms with Crippen molar-refractivity contribution in [2.24, 2.45) is 0 Å². The van der Waals surface area contributed by atoms with Crippen molar-refractivity contribution in [3.05, 3.63) is 0 Å². The van der Waals surface area contributed by atoms with Crippen molar-refractivity contribution >= 4 is 11.8 Å². The zero-order valence-electron chi connectivity index (χ0n) is 4.43. The van der Waals surface area contributed by atoms with E-state index < -0.39 is 11.8 Å². The van der Waals surface area contributed by atoms with Crippen LogP contribution in [-0.2, 0) is 32.0 Å². The summed E-state index contributed by atoms with van der Waals surface area (Å²) < 4.78 is 0. The number of rotatable bonds is 0. The van der Waals surface area contributed by atoms with Crippen molar-refractivity contribution in [1.29, 1.82) is 0 Å². The van der Waals surface area contributed by atoms with E-state index in [-0.39, 0.29) is 40.3 Å². The molecule has 0 unspecified atom stereocenters. The minimum atomic E-state index is -0.505. The van der Waals surface area contributed by atoms with Gasteiger partial charge in [0.1, 0.15) is 0 Å². The fourth-order valence-corrected chi connectivity index (χ4v) is 0.565. The number of nitrogens with zero attached hydrogens (tertiary/aromatic N) is 1. The molecule has 0 atom stereocenters. The van der Waals surface area contributed by atoms with Crippen LogP contribution in [-0.4, -0.2) is 22.1 Å². The Bertz CT molecular complexity index is 131. The SMILES string of the molecule is O=C1CCC(=O)N1O.[Au+]. The van der Waals surface area contributed by atoms with Crippen LogP contribution >= 0.6 is 0 Å². The summed E-state index contributed by atoms with van der Waals surface area (Å²) in [5, 5.41) is 8.57. The Labute approximate surface area is 67.3 Å². The Morgan fingerprint density at radius 3 is 1.67 bits per heavy atom. The van der Waals surface area contributed by atoms with E-state index in [1.165, 1.54) is 0 Å². The van der Waals surface area contributed by atoms with E-state index in [1.807, 2.05) is 0 Å². The minimum absolute atomic E-state index is 0. The summed E-state index contributed by atoms with van der Waals surface area (Å²) in [6.07, 6.45) is 0.296. The molecule has 1 aliphatic rings. The summed E-state index contributed by atoms with van der Waals surface area (Å²) in [6, 6.07) is 0. The molecule has 0 aromatic carbocycles. The van der Waals surface area contributed by atoms with Crippen LogP contribution in [0, 0.1) is 0 Å². The van der Waals surface area contributed by atoms with E-state index in [2.05, 4.69) is 0 Å². The van der Waals surface area contributed by atoms with Gasteiger partial charge < -0.3 is 0 Å². The van der Waals surface area contributed by atoms with Gasteiger partial charge in [0.15, 0.2) is 0 Å². The number of carbonyl (C=O) groups excluding carboxylic acids is 2. The van der Waals surface area contributed by atoms with E-state index in [9.17, 15) is 9.59 Å². The number of hydrogen-bond acceptors (Lipinski definition) is 3. The normalized spacial score (nSPS) is 18.1. The molecule has 0 aromatic rings. The summed E-state index contributed by atoms with van der Waals surface area (Å²) in [5.74, 6) is -1.01. The molecule has 1 fully saturated rings. The van der Waals surface area contributed by atoms with Crippen LogP contribution in [0.3, 0.4) is 0 Å². The molecule has 1 rings (SSSR count). The Kier molecular flexibility index (Phi) is 3.07. The van der Waals surface area contributed by atoms with Gasteiger partial charge in [0.25, 0.3) is 11.8 Å². The minimum Gasteiger partial charge on any atom is -0.279 e. The molecule has 1 N–H and O–H groups in total. The van der Waals surface area contributed by atoms with Crippen molar-refractivity contribution < 1.29 is 37.2 Å². The van der Waals surface area contributed by atoms with Crippen molar-refractivity contribution in [3.8, 4) is 0 Å². The van der Waals surface area contributed by atoms with Crippen LogP contribution < -0.4 is 0 Å². The zero-order chi connectivity index (χ0) is 6.15. The topological polar surface area (TPSA) is 57.6 Å². The maximum atomic E-state index is 10.2. The van der Waals surface area contributed by atoms with Crippen molar-refractivity contribution in [2.75, 3.05) is 0 Å². The molecule has 9 heavy (non-hydrogen) atoms. The zero-order valence-corrected chi connectivity index (χ0v) is 6.59. The third-order valence-corrected chi connectivity index (χ3v) is 1.03. The summed E-state index contributed by atoms with van der Waals surface area (Å²) in [7, 11) is 0. The summed E-state index contributed by atoms with van der Waals surface area (Å²) in [5.41, 5.74) is 0. The Morgan fingerprint density at radius 2 is 1.56 bits per heavy atom. The van der Waals surface area contributed by atoms with E-state index in [0.29, 0.717) is 0 Å². The number of hydrogen-bond donors (Lipinski definition) is 1. The van der Waals surface area contributed by atoms with Gasteiger partial charge >= 0.3 is 22.4 Å². The third-order valence-electron chi connectivity index (χ3n) is 1.03. The Hall–Kier alpha value is -0.160. The molecule has 0 aromatic heterocycles. The Balaban J connectivity index is 0.000000640. The van der Waals surface area contributed by atoms with Crippen LogP contribution in [0.2, 0.25) is 0 Å². The maximum Gasteiger partial charge on any atom is 1.00 e. The second-order valence-corrected chi connectivity index (χ2v) is 1.60. The first kappa shape index (κ1) is 8.84. The molecule has 0 saturated carbocycles. The summed E-state index contributed by atoms with van der Waals surface area (Å²) in [4.78, 5) is 20.5. The second-order valence-electron chi connectivity index (χ2n) is 1.60. The second kappa shape index (κ2) is 3.12. The van der Waals surface area contributed by atoms with Crippen LogP contribution in [0.25, 0.3) is 0 Å². The van der Waals surface area contributed by atoms with E-state index in [1.54, 1.807) is 0 Å². The maximum absolute atomic E-state index is 10.2. The van der Waals surface area contributed by atoms with Crippen LogP contribution in [0.15, 0.2) is 0 Å². The monoisotopic (exact) mass is 312 g/mol. The largest absolute Gasteiger partial charge is 1.00 e. The smallest absolute Gasteiger partial charge is 0.279 e. The number of imide groups is 1. The summed E-state index contributed by atoms with van der Waals surface area (Å²) >= 11 is 0. The molecule has 0 aliphatic carbocycles. The molecule has 1 saturated heterocycles. The predicted molar refractivity (Wildman–Crippen MR) is 22.9 cm³/mol. The van der Waals surface area contributed by atoms with Gasteiger partial charge in [-0.05, 0) is 0 Å². The average Bonchev–Trinajstić information content (AvgIpc) is 1.98. The molecule has 0 bridgehead atoms. The average molecular weight is 312 g/mol. The summed E-state index contributed by atoms with van der Waals surface area (Å²) in [6.45, 7) is 0. The molecule has 4 nitrogen and oxygen atoms in total. The molecule has 54 valence electrons. The molecule has 0 spiro atoms. The molecule has 0 radical (unpaired) electrons. The van der Waals surface area contributed by atoms with Crippen molar-refractivity contribution in [3.63, 3.8) is 0 Å². The fourth-order valence-electron chi connectivity index (χ4n) is 0.565. The van der Waals surface area contributed by atoms with Gasteiger partial charge in [0.2, 0.25) is 0 Å². The number of hydroxylamine groups is 2. The predicted octanol–water partition coefficient (Wildman–Crippen LogP) is -0.478. The molecule has 5 heteroatoms. The van der Waals surface area contributed by atoms with Gasteiger partial charge in [-0.2, -0.15) is 5.06 Å². The first-order chi connectivity index (χ1) is 3.72. The molecular formula is C4H5AuNO3+. The quantitative estimate of drug-likeness (QED) is 0.373. The van der Waals surface area contributed by atoms with Crippen LogP contribution in [0.4, 0.5) is 0 Å². The molecule has 1 aliphatic heterocycles. The molecular weight excluding hydrogens is 307 g/mol. The Morgan fingerprint density at radius 1 is 1.22 bits per heavy atom. The fraction of sp³-hybridized carbons (Fsp3) is 0.500. The third kappa shape index (κ3) is 1.62. The molecule has 1 heterocycles. The van der Waals surface area contributed by atoms with E-state index in [4.69, 9.17) is 5.21 Å².